The van der Waals surface area contributed by atoms with E-state index in [2.05, 4.69) is 36.0 Å². The van der Waals surface area contributed by atoms with E-state index in [9.17, 15) is 4.79 Å². The van der Waals surface area contributed by atoms with Crippen molar-refractivity contribution < 1.29 is 4.79 Å². The van der Waals surface area contributed by atoms with E-state index in [0.717, 1.165) is 43.5 Å². The van der Waals surface area contributed by atoms with Crippen molar-refractivity contribution in [3.8, 4) is 0 Å². The van der Waals surface area contributed by atoms with Crippen LogP contribution in [0.25, 0.3) is 0 Å². The predicted molar refractivity (Wildman–Crippen MR) is 94.2 cm³/mol. The van der Waals surface area contributed by atoms with Gasteiger partial charge in [-0.15, -0.1) is 0 Å². The van der Waals surface area contributed by atoms with Gasteiger partial charge in [0.2, 0.25) is 0 Å². The fourth-order valence-corrected chi connectivity index (χ4v) is 4.45. The summed E-state index contributed by atoms with van der Waals surface area (Å²) in [7, 11) is 1.98. The average molecular weight is 323 g/mol. The van der Waals surface area contributed by atoms with Crippen LogP contribution in [-0.4, -0.2) is 27.1 Å². The maximum atomic E-state index is 13.2. The SMILES string of the molecule is Cc1nn(C)c(C)c1C1CCCN1C(=O)c1ccc2c(c1)CCC2. The van der Waals surface area contributed by atoms with Gasteiger partial charge in [-0.25, -0.2) is 0 Å². The molecule has 1 aromatic carbocycles. The molecule has 4 nitrogen and oxygen atoms in total. The van der Waals surface area contributed by atoms with Gasteiger partial charge in [0, 0.05) is 30.4 Å². The predicted octanol–water partition coefficient (Wildman–Crippen LogP) is 3.50. The number of amides is 1. The molecular formula is C20H25N3O. The minimum Gasteiger partial charge on any atom is -0.331 e. The summed E-state index contributed by atoms with van der Waals surface area (Å²) in [5.41, 5.74) is 7.10. The van der Waals surface area contributed by atoms with Gasteiger partial charge in [-0.3, -0.25) is 9.48 Å². The van der Waals surface area contributed by atoms with Crippen molar-refractivity contribution in [3.63, 3.8) is 0 Å². The number of fused-ring (bicyclic) bond motifs is 1. The number of rotatable bonds is 2. The number of likely N-dealkylation sites (tertiary alicyclic amines) is 1. The Hall–Kier alpha value is -2.10. The van der Waals surface area contributed by atoms with Crippen LogP contribution in [-0.2, 0) is 19.9 Å². The zero-order valence-corrected chi connectivity index (χ0v) is 14.8. The summed E-state index contributed by atoms with van der Waals surface area (Å²) in [6, 6.07) is 6.47. The summed E-state index contributed by atoms with van der Waals surface area (Å²) < 4.78 is 1.93. The number of hydrogen-bond donors (Lipinski definition) is 0. The van der Waals surface area contributed by atoms with Gasteiger partial charge in [-0.1, -0.05) is 6.07 Å². The van der Waals surface area contributed by atoms with E-state index in [0.29, 0.717) is 0 Å². The highest BCUT2D eigenvalue weighted by atomic mass is 16.2. The summed E-state index contributed by atoms with van der Waals surface area (Å²) in [5, 5.41) is 4.55. The molecule has 0 radical (unpaired) electrons. The van der Waals surface area contributed by atoms with Crippen LogP contribution < -0.4 is 0 Å². The summed E-state index contributed by atoms with van der Waals surface area (Å²) in [6.45, 7) is 5.00. The van der Waals surface area contributed by atoms with E-state index >= 15 is 0 Å². The van der Waals surface area contributed by atoms with Crippen LogP contribution in [0.1, 0.15) is 63.7 Å². The number of benzene rings is 1. The Kier molecular flexibility index (Phi) is 3.70. The van der Waals surface area contributed by atoms with E-state index in [1.54, 1.807) is 0 Å². The molecule has 4 rings (SSSR count). The van der Waals surface area contributed by atoms with E-state index in [-0.39, 0.29) is 11.9 Å². The first-order valence-corrected chi connectivity index (χ1v) is 8.99. The van der Waals surface area contributed by atoms with Gasteiger partial charge >= 0.3 is 0 Å². The largest absolute Gasteiger partial charge is 0.331 e. The molecule has 1 aliphatic heterocycles. The minimum absolute atomic E-state index is 0.166. The van der Waals surface area contributed by atoms with Crippen LogP contribution in [0.5, 0.6) is 0 Å². The number of aromatic nitrogens is 2. The molecule has 2 aromatic rings. The number of carbonyl (C=O) groups excluding carboxylic acids is 1. The van der Waals surface area contributed by atoms with Gasteiger partial charge in [-0.05, 0) is 69.2 Å². The topological polar surface area (TPSA) is 38.1 Å². The number of nitrogens with zero attached hydrogens (tertiary/aromatic N) is 3. The Morgan fingerprint density at radius 2 is 1.96 bits per heavy atom. The van der Waals surface area contributed by atoms with Crippen LogP contribution >= 0.6 is 0 Å². The van der Waals surface area contributed by atoms with Gasteiger partial charge in [0.1, 0.15) is 0 Å². The Morgan fingerprint density at radius 1 is 1.17 bits per heavy atom. The molecule has 0 N–H and O–H groups in total. The smallest absolute Gasteiger partial charge is 0.254 e. The van der Waals surface area contributed by atoms with Crippen molar-refractivity contribution in [2.24, 2.45) is 7.05 Å². The molecule has 24 heavy (non-hydrogen) atoms. The lowest BCUT2D eigenvalue weighted by molar-refractivity contribution is 0.0735. The highest BCUT2D eigenvalue weighted by Gasteiger charge is 2.34. The molecule has 4 heteroatoms. The monoisotopic (exact) mass is 323 g/mol. The first kappa shape index (κ1) is 15.4. The van der Waals surface area contributed by atoms with Gasteiger partial charge in [-0.2, -0.15) is 5.10 Å². The lowest BCUT2D eigenvalue weighted by atomic mass is 10.0. The Balaban J connectivity index is 1.66. The molecule has 1 saturated heterocycles. The van der Waals surface area contributed by atoms with Crippen LogP contribution in [0.4, 0.5) is 0 Å². The molecule has 2 heterocycles. The molecule has 0 saturated carbocycles. The lowest BCUT2D eigenvalue weighted by Gasteiger charge is -2.25. The molecule has 1 aromatic heterocycles. The van der Waals surface area contributed by atoms with Crippen molar-refractivity contribution >= 4 is 5.91 Å². The third-order valence-corrected chi connectivity index (χ3v) is 5.76. The van der Waals surface area contributed by atoms with Crippen molar-refractivity contribution in [2.45, 2.75) is 52.0 Å². The minimum atomic E-state index is 0.166. The zero-order valence-electron chi connectivity index (χ0n) is 14.8. The summed E-state index contributed by atoms with van der Waals surface area (Å²) in [6.07, 6.45) is 5.58. The van der Waals surface area contributed by atoms with Crippen LogP contribution in [0.15, 0.2) is 18.2 Å². The highest BCUT2D eigenvalue weighted by Crippen LogP contribution is 2.36. The van der Waals surface area contributed by atoms with E-state index in [1.165, 1.54) is 28.8 Å². The summed E-state index contributed by atoms with van der Waals surface area (Å²) in [5.74, 6) is 0.176. The van der Waals surface area contributed by atoms with Crippen LogP contribution in [0, 0.1) is 13.8 Å². The molecule has 1 fully saturated rings. The normalized spacial score (nSPS) is 19.8. The van der Waals surface area contributed by atoms with Gasteiger partial charge < -0.3 is 4.90 Å². The maximum absolute atomic E-state index is 13.2. The molecule has 126 valence electrons. The average Bonchev–Trinajstić information content (AvgIpc) is 3.26. The molecular weight excluding hydrogens is 298 g/mol. The molecule has 1 unspecified atom stereocenters. The third kappa shape index (κ3) is 2.36. The Morgan fingerprint density at radius 3 is 2.71 bits per heavy atom. The van der Waals surface area contributed by atoms with Crippen LogP contribution in [0.2, 0.25) is 0 Å². The number of carbonyl (C=O) groups is 1. The zero-order chi connectivity index (χ0) is 16.8. The van der Waals surface area contributed by atoms with E-state index in [4.69, 9.17) is 0 Å². The van der Waals surface area contributed by atoms with Crippen molar-refractivity contribution in [1.29, 1.82) is 0 Å². The van der Waals surface area contributed by atoms with Gasteiger partial charge in [0.25, 0.3) is 5.91 Å². The lowest BCUT2D eigenvalue weighted by Crippen LogP contribution is -2.31. The maximum Gasteiger partial charge on any atom is 0.254 e. The summed E-state index contributed by atoms with van der Waals surface area (Å²) >= 11 is 0. The molecule has 0 bridgehead atoms. The van der Waals surface area contributed by atoms with Gasteiger partial charge in [0.05, 0.1) is 11.7 Å². The van der Waals surface area contributed by atoms with E-state index in [1.807, 2.05) is 17.8 Å². The first-order chi connectivity index (χ1) is 11.6. The first-order valence-electron chi connectivity index (χ1n) is 8.99. The van der Waals surface area contributed by atoms with Crippen molar-refractivity contribution in [3.05, 3.63) is 51.8 Å². The molecule has 0 spiro atoms. The Labute approximate surface area is 143 Å². The fourth-order valence-electron chi connectivity index (χ4n) is 4.45. The second-order valence-corrected chi connectivity index (χ2v) is 7.20. The fraction of sp³-hybridized carbons (Fsp3) is 0.500. The number of hydrogen-bond acceptors (Lipinski definition) is 2. The quantitative estimate of drug-likeness (QED) is 0.848. The molecule has 1 atom stereocenters. The second kappa shape index (κ2) is 5.76. The molecule has 2 aliphatic rings. The van der Waals surface area contributed by atoms with Crippen molar-refractivity contribution in [1.82, 2.24) is 14.7 Å². The van der Waals surface area contributed by atoms with E-state index < -0.39 is 0 Å². The number of aryl methyl sites for hydroxylation is 4. The standard InChI is InChI=1S/C20H25N3O/c1-13-19(14(2)22(3)21-13)18-8-5-11-23(18)20(24)17-10-9-15-6-4-7-16(15)12-17/h9-10,12,18H,4-8,11H2,1-3H3. The molecule has 1 aliphatic carbocycles. The second-order valence-electron chi connectivity index (χ2n) is 7.20. The third-order valence-electron chi connectivity index (χ3n) is 5.76. The highest BCUT2D eigenvalue weighted by molar-refractivity contribution is 5.95. The summed E-state index contributed by atoms with van der Waals surface area (Å²) in [4.78, 5) is 15.2. The Bertz CT molecular complexity index is 805. The van der Waals surface area contributed by atoms with Crippen LogP contribution in [0.3, 0.4) is 0 Å². The van der Waals surface area contributed by atoms with Crippen molar-refractivity contribution in [2.75, 3.05) is 6.54 Å². The molecule has 1 amide bonds. The van der Waals surface area contributed by atoms with Gasteiger partial charge in [0.15, 0.2) is 0 Å².